The third-order valence-corrected chi connectivity index (χ3v) is 6.04. The highest BCUT2D eigenvalue weighted by Gasteiger charge is 2.48. The van der Waals surface area contributed by atoms with E-state index in [0.29, 0.717) is 12.3 Å². The van der Waals surface area contributed by atoms with Crippen LogP contribution in [0.2, 0.25) is 0 Å². The van der Waals surface area contributed by atoms with E-state index in [1.54, 1.807) is 21.0 Å². The van der Waals surface area contributed by atoms with Gasteiger partial charge in [-0.15, -0.1) is 0 Å². The van der Waals surface area contributed by atoms with E-state index in [-0.39, 0.29) is 37.0 Å². The molecule has 0 aliphatic carbocycles. The topological polar surface area (TPSA) is 103 Å². The minimum absolute atomic E-state index is 0.0328. The van der Waals surface area contributed by atoms with Crippen molar-refractivity contribution in [3.05, 3.63) is 83.2 Å². The van der Waals surface area contributed by atoms with Crippen molar-refractivity contribution in [3.63, 3.8) is 0 Å². The minimum Gasteiger partial charge on any atom is -0.497 e. The molecule has 0 radical (unpaired) electrons. The summed E-state index contributed by atoms with van der Waals surface area (Å²) in [7, 11) is 1.57. The second-order valence-corrected chi connectivity index (χ2v) is 8.48. The van der Waals surface area contributed by atoms with Gasteiger partial charge in [0.2, 0.25) is 5.91 Å². The Morgan fingerprint density at radius 2 is 1.83 bits per heavy atom. The summed E-state index contributed by atoms with van der Waals surface area (Å²) in [5.74, 6) is -0.690. The van der Waals surface area contributed by atoms with E-state index in [0.717, 1.165) is 11.1 Å². The van der Waals surface area contributed by atoms with Crippen molar-refractivity contribution < 1.29 is 23.9 Å². The Morgan fingerprint density at radius 1 is 1.09 bits per heavy atom. The number of hydrogen-bond donors (Lipinski definition) is 1. The number of carbonyl (C=O) groups excluding carboxylic acids is 3. The van der Waals surface area contributed by atoms with Crippen LogP contribution in [0.15, 0.2) is 60.7 Å². The lowest BCUT2D eigenvalue weighted by atomic mass is 9.94. The first kappa shape index (κ1) is 24.0. The van der Waals surface area contributed by atoms with E-state index < -0.39 is 17.4 Å². The van der Waals surface area contributed by atoms with Crippen LogP contribution < -0.4 is 10.1 Å². The van der Waals surface area contributed by atoms with E-state index in [2.05, 4.69) is 10.4 Å². The Kier molecular flexibility index (Phi) is 6.86. The first-order chi connectivity index (χ1) is 16.9. The fraction of sp³-hybridized carbons (Fsp3) is 0.308. The van der Waals surface area contributed by atoms with Gasteiger partial charge in [-0.1, -0.05) is 42.5 Å². The number of aromatic nitrogens is 2. The maximum absolute atomic E-state index is 13.7. The number of carbonyl (C=O) groups is 3. The summed E-state index contributed by atoms with van der Waals surface area (Å²) in [4.78, 5) is 41.0. The molecule has 1 aromatic heterocycles. The van der Waals surface area contributed by atoms with Gasteiger partial charge in [-0.05, 0) is 37.1 Å². The highest BCUT2D eigenvalue weighted by Crippen LogP contribution is 2.30. The molecule has 2 amide bonds. The smallest absolute Gasteiger partial charge is 0.358 e. The predicted octanol–water partition coefficient (Wildman–Crippen LogP) is 2.80. The molecule has 35 heavy (non-hydrogen) atoms. The van der Waals surface area contributed by atoms with E-state index in [1.807, 2.05) is 54.6 Å². The molecule has 2 aromatic carbocycles. The number of amides is 2. The van der Waals surface area contributed by atoms with E-state index in [4.69, 9.17) is 9.47 Å². The molecule has 1 atom stereocenters. The number of nitrogens with zero attached hydrogens (tertiary/aromatic N) is 3. The number of ether oxygens (including phenoxy) is 2. The molecule has 3 aromatic rings. The van der Waals surface area contributed by atoms with Crippen LogP contribution in [0.4, 0.5) is 0 Å². The zero-order valence-corrected chi connectivity index (χ0v) is 20.0. The molecule has 9 nitrogen and oxygen atoms in total. The maximum Gasteiger partial charge on any atom is 0.358 e. The molecule has 0 fully saturated rings. The fourth-order valence-electron chi connectivity index (χ4n) is 4.12. The lowest BCUT2D eigenvalue weighted by molar-refractivity contribution is -0.133. The summed E-state index contributed by atoms with van der Waals surface area (Å²) in [6, 6.07) is 18.3. The monoisotopic (exact) mass is 476 g/mol. The van der Waals surface area contributed by atoms with Crippen LogP contribution in [-0.2, 0) is 29.2 Å². The third-order valence-electron chi connectivity index (χ3n) is 6.04. The highest BCUT2D eigenvalue weighted by atomic mass is 16.5. The average molecular weight is 477 g/mol. The molecule has 0 spiro atoms. The van der Waals surface area contributed by atoms with Crippen LogP contribution in [0, 0.1) is 0 Å². The molecule has 1 N–H and O–H groups in total. The Bertz CT molecular complexity index is 1240. The number of methoxy groups -OCH3 is 1. The Balaban J connectivity index is 1.68. The van der Waals surface area contributed by atoms with Crippen molar-refractivity contribution >= 4 is 17.8 Å². The third kappa shape index (κ3) is 4.89. The zero-order chi connectivity index (χ0) is 25.0. The Hall–Kier alpha value is -4.14. The fourth-order valence-corrected chi connectivity index (χ4v) is 4.12. The first-order valence-electron chi connectivity index (χ1n) is 11.4. The molecule has 9 heteroatoms. The average Bonchev–Trinajstić information content (AvgIpc) is 3.30. The Morgan fingerprint density at radius 3 is 2.54 bits per heavy atom. The van der Waals surface area contributed by atoms with Gasteiger partial charge < -0.3 is 19.7 Å². The predicted molar refractivity (Wildman–Crippen MR) is 128 cm³/mol. The number of hydrogen-bond acceptors (Lipinski definition) is 6. The molecule has 2 heterocycles. The van der Waals surface area contributed by atoms with Gasteiger partial charge in [0.1, 0.15) is 17.0 Å². The van der Waals surface area contributed by atoms with Crippen molar-refractivity contribution in [1.29, 1.82) is 0 Å². The van der Waals surface area contributed by atoms with Gasteiger partial charge in [0, 0.05) is 19.2 Å². The minimum atomic E-state index is -1.26. The van der Waals surface area contributed by atoms with Crippen LogP contribution in [0.25, 0.3) is 0 Å². The molecule has 4 rings (SSSR count). The first-order valence-corrected chi connectivity index (χ1v) is 11.4. The van der Waals surface area contributed by atoms with Crippen LogP contribution in [-0.4, -0.2) is 51.7 Å². The molecule has 0 saturated carbocycles. The van der Waals surface area contributed by atoms with Crippen LogP contribution in [0.3, 0.4) is 0 Å². The quantitative estimate of drug-likeness (QED) is 0.502. The van der Waals surface area contributed by atoms with Gasteiger partial charge in [-0.3, -0.25) is 14.3 Å². The summed E-state index contributed by atoms with van der Waals surface area (Å²) in [6.07, 6.45) is 0. The van der Waals surface area contributed by atoms with E-state index >= 15 is 0 Å². The molecule has 0 unspecified atom stereocenters. The number of fused-ring (bicyclic) bond motifs is 1. The highest BCUT2D eigenvalue weighted by molar-refractivity contribution is 6.01. The van der Waals surface area contributed by atoms with Crippen LogP contribution >= 0.6 is 0 Å². The van der Waals surface area contributed by atoms with Crippen molar-refractivity contribution in [1.82, 2.24) is 20.0 Å². The van der Waals surface area contributed by atoms with Crippen molar-refractivity contribution in [2.24, 2.45) is 0 Å². The lowest BCUT2D eigenvalue weighted by Gasteiger charge is -2.43. The van der Waals surface area contributed by atoms with Gasteiger partial charge in [0.15, 0.2) is 5.69 Å². The largest absolute Gasteiger partial charge is 0.497 e. The lowest BCUT2D eigenvalue weighted by Crippen LogP contribution is -2.63. The standard InChI is InChI=1S/C26H28N4O5/c1-4-35-24(32)21-14-22-23(31)29(16-19-11-8-12-20(13-19)34-3)26(2,17-30(22)28-21)25(33)27-15-18-9-6-5-7-10-18/h5-14H,4,15-17H2,1-3H3,(H,27,33)/t26-/m1/s1. The maximum atomic E-state index is 13.7. The van der Waals surface area contributed by atoms with Crippen LogP contribution in [0.1, 0.15) is 46.0 Å². The van der Waals surface area contributed by atoms with Gasteiger partial charge in [0.05, 0.1) is 20.3 Å². The second kappa shape index (κ2) is 10.0. The summed E-state index contributed by atoms with van der Waals surface area (Å²) < 4.78 is 11.8. The molecule has 0 saturated heterocycles. The molecule has 182 valence electrons. The number of esters is 1. The van der Waals surface area contributed by atoms with E-state index in [9.17, 15) is 14.4 Å². The number of benzene rings is 2. The molecular formula is C26H28N4O5. The van der Waals surface area contributed by atoms with Gasteiger partial charge in [-0.2, -0.15) is 5.10 Å². The summed E-state index contributed by atoms with van der Waals surface area (Å²) >= 11 is 0. The second-order valence-electron chi connectivity index (χ2n) is 8.48. The Labute approximate surface area is 203 Å². The number of nitrogens with one attached hydrogen (secondary N) is 1. The molecule has 1 aliphatic rings. The number of rotatable bonds is 8. The normalized spacial score (nSPS) is 17.0. The summed E-state index contributed by atoms with van der Waals surface area (Å²) in [5.41, 5.74) is 0.739. The summed E-state index contributed by atoms with van der Waals surface area (Å²) in [5, 5.41) is 7.24. The molecule has 0 bridgehead atoms. The summed E-state index contributed by atoms with van der Waals surface area (Å²) in [6.45, 7) is 4.17. The van der Waals surface area contributed by atoms with Crippen LogP contribution in [0.5, 0.6) is 5.75 Å². The SMILES string of the molecule is CCOC(=O)c1cc2n(n1)C[C@](C)(C(=O)NCc1ccccc1)N(Cc1cccc(OC)c1)C2=O. The van der Waals surface area contributed by atoms with Crippen molar-refractivity contribution in [2.45, 2.75) is 39.0 Å². The molecule has 1 aliphatic heterocycles. The van der Waals surface area contributed by atoms with Gasteiger partial charge in [0.25, 0.3) is 5.91 Å². The van der Waals surface area contributed by atoms with Gasteiger partial charge >= 0.3 is 5.97 Å². The zero-order valence-electron chi connectivity index (χ0n) is 20.0. The van der Waals surface area contributed by atoms with E-state index in [1.165, 1.54) is 15.6 Å². The molecular weight excluding hydrogens is 448 g/mol. The van der Waals surface area contributed by atoms with Crippen molar-refractivity contribution in [3.8, 4) is 5.75 Å². The van der Waals surface area contributed by atoms with Gasteiger partial charge in [-0.25, -0.2) is 4.79 Å². The van der Waals surface area contributed by atoms with Crippen molar-refractivity contribution in [2.75, 3.05) is 13.7 Å².